The Morgan fingerprint density at radius 1 is 1.38 bits per heavy atom. The highest BCUT2D eigenvalue weighted by Gasteiger charge is 2.42. The highest BCUT2D eigenvalue weighted by Crippen LogP contribution is 2.47. The van der Waals surface area contributed by atoms with Crippen LogP contribution in [0, 0.1) is 31.0 Å². The van der Waals surface area contributed by atoms with Crippen molar-refractivity contribution >= 4 is 11.6 Å². The van der Waals surface area contributed by atoms with E-state index < -0.39 is 5.41 Å². The van der Waals surface area contributed by atoms with Crippen molar-refractivity contribution in [2.75, 3.05) is 0 Å². The lowest BCUT2D eigenvalue weighted by molar-refractivity contribution is 0.320. The monoisotopic (exact) mass is 237 g/mol. The largest absolute Gasteiger partial charge is 0.207 e. The van der Waals surface area contributed by atoms with Crippen LogP contribution in [0.2, 0.25) is 5.02 Å². The van der Waals surface area contributed by atoms with Crippen molar-refractivity contribution in [3.05, 3.63) is 33.6 Å². The Hall–Kier alpha value is -1.07. The third kappa shape index (κ3) is 1.43. The molecule has 1 fully saturated rings. The number of rotatable bonds is 1. The van der Waals surface area contributed by atoms with Crippen molar-refractivity contribution in [1.29, 1.82) is 5.26 Å². The van der Waals surface area contributed by atoms with Gasteiger partial charge in [-0.05, 0) is 55.9 Å². The van der Waals surface area contributed by atoms with Gasteiger partial charge in [0.2, 0.25) is 0 Å². The summed E-state index contributed by atoms with van der Waals surface area (Å²) in [6, 6.07) is 3.67. The molecule has 1 aromatic rings. The van der Waals surface area contributed by atoms with E-state index in [1.54, 1.807) is 6.92 Å². The molecule has 0 radical (unpaired) electrons. The van der Waals surface area contributed by atoms with Gasteiger partial charge < -0.3 is 0 Å². The summed E-state index contributed by atoms with van der Waals surface area (Å²) >= 11 is 5.99. The quantitative estimate of drug-likeness (QED) is 0.723. The van der Waals surface area contributed by atoms with Crippen LogP contribution in [-0.2, 0) is 5.41 Å². The average Bonchev–Trinajstić information content (AvgIpc) is 2.19. The van der Waals surface area contributed by atoms with Crippen molar-refractivity contribution in [2.24, 2.45) is 0 Å². The number of halogens is 2. The first kappa shape index (κ1) is 11.4. The zero-order valence-corrected chi connectivity index (χ0v) is 10.2. The predicted octanol–water partition coefficient (Wildman–Crippen LogP) is 4.04. The van der Waals surface area contributed by atoms with Gasteiger partial charge in [0.1, 0.15) is 5.82 Å². The lowest BCUT2D eigenvalue weighted by Crippen LogP contribution is -2.34. The van der Waals surface area contributed by atoms with Gasteiger partial charge in [-0.1, -0.05) is 11.6 Å². The van der Waals surface area contributed by atoms with Gasteiger partial charge in [0.15, 0.2) is 0 Å². The topological polar surface area (TPSA) is 23.8 Å². The van der Waals surface area contributed by atoms with E-state index in [0.717, 1.165) is 30.4 Å². The van der Waals surface area contributed by atoms with E-state index in [4.69, 9.17) is 11.6 Å². The number of nitrogens with zero attached hydrogens (tertiary/aromatic N) is 1. The van der Waals surface area contributed by atoms with Crippen molar-refractivity contribution in [1.82, 2.24) is 0 Å². The number of hydrogen-bond acceptors (Lipinski definition) is 1. The van der Waals surface area contributed by atoms with Crippen LogP contribution in [0.4, 0.5) is 4.39 Å². The molecule has 0 amide bonds. The summed E-state index contributed by atoms with van der Waals surface area (Å²) < 4.78 is 13.7. The Balaban J connectivity index is 2.69. The van der Waals surface area contributed by atoms with Crippen LogP contribution < -0.4 is 0 Å². The van der Waals surface area contributed by atoms with E-state index in [2.05, 4.69) is 6.07 Å². The first-order chi connectivity index (χ1) is 7.52. The van der Waals surface area contributed by atoms with Gasteiger partial charge in [-0.2, -0.15) is 5.26 Å². The molecule has 0 heterocycles. The normalized spacial score (nSPS) is 17.7. The maximum Gasteiger partial charge on any atom is 0.127 e. The molecule has 84 valence electrons. The molecule has 0 aromatic heterocycles. The van der Waals surface area contributed by atoms with Crippen LogP contribution in [0.15, 0.2) is 6.07 Å². The van der Waals surface area contributed by atoms with Gasteiger partial charge in [0, 0.05) is 5.02 Å². The molecular formula is C13H13ClFN. The molecule has 0 atom stereocenters. The second kappa shape index (κ2) is 3.75. The van der Waals surface area contributed by atoms with Crippen LogP contribution >= 0.6 is 11.6 Å². The van der Waals surface area contributed by atoms with Gasteiger partial charge in [-0.3, -0.25) is 0 Å². The SMILES string of the molecule is Cc1c(F)cc(Cl)c(C)c1C1(C#N)CCC1. The van der Waals surface area contributed by atoms with Gasteiger partial charge in [-0.25, -0.2) is 4.39 Å². The number of nitriles is 1. The minimum Gasteiger partial charge on any atom is -0.207 e. The smallest absolute Gasteiger partial charge is 0.127 e. The average molecular weight is 238 g/mol. The summed E-state index contributed by atoms with van der Waals surface area (Å²) in [5.74, 6) is -0.313. The summed E-state index contributed by atoms with van der Waals surface area (Å²) in [6.07, 6.45) is 2.65. The van der Waals surface area contributed by atoms with E-state index in [1.165, 1.54) is 6.07 Å². The van der Waals surface area contributed by atoms with Crippen molar-refractivity contribution in [2.45, 2.75) is 38.5 Å². The highest BCUT2D eigenvalue weighted by molar-refractivity contribution is 6.31. The molecule has 1 saturated carbocycles. The first-order valence-corrected chi connectivity index (χ1v) is 5.76. The fraction of sp³-hybridized carbons (Fsp3) is 0.462. The molecule has 0 unspecified atom stereocenters. The number of benzene rings is 1. The van der Waals surface area contributed by atoms with Gasteiger partial charge in [-0.15, -0.1) is 0 Å². The Morgan fingerprint density at radius 2 is 2.00 bits per heavy atom. The molecule has 1 aliphatic carbocycles. The fourth-order valence-corrected chi connectivity index (χ4v) is 2.70. The Bertz CT molecular complexity index is 457. The maximum atomic E-state index is 13.7. The van der Waals surface area contributed by atoms with Crippen LogP contribution in [0.3, 0.4) is 0 Å². The van der Waals surface area contributed by atoms with E-state index in [1.807, 2.05) is 6.92 Å². The van der Waals surface area contributed by atoms with Crippen molar-refractivity contribution in [3.8, 4) is 6.07 Å². The molecule has 0 spiro atoms. The molecule has 1 nitrogen and oxygen atoms in total. The third-order valence-corrected chi connectivity index (χ3v) is 4.01. The summed E-state index contributed by atoms with van der Waals surface area (Å²) in [7, 11) is 0. The Kier molecular flexibility index (Phi) is 2.67. The Morgan fingerprint density at radius 3 is 2.44 bits per heavy atom. The second-order valence-electron chi connectivity index (χ2n) is 4.51. The number of hydrogen-bond donors (Lipinski definition) is 0. The van der Waals surface area contributed by atoms with Crippen LogP contribution in [0.1, 0.15) is 36.0 Å². The fourth-order valence-electron chi connectivity index (χ4n) is 2.51. The summed E-state index contributed by atoms with van der Waals surface area (Å²) in [6.45, 7) is 3.59. The summed E-state index contributed by atoms with van der Waals surface area (Å²) in [4.78, 5) is 0. The predicted molar refractivity (Wildman–Crippen MR) is 62.0 cm³/mol. The molecule has 3 heteroatoms. The van der Waals surface area contributed by atoms with Gasteiger partial charge in [0.25, 0.3) is 0 Å². The molecule has 1 aliphatic rings. The zero-order chi connectivity index (χ0) is 11.9. The molecule has 0 N–H and O–H groups in total. The summed E-state index contributed by atoms with van der Waals surface area (Å²) in [5.41, 5.74) is 1.73. The molecule has 0 saturated heterocycles. The minimum atomic E-state index is -0.500. The van der Waals surface area contributed by atoms with Crippen LogP contribution in [0.25, 0.3) is 0 Å². The Labute approximate surface area is 99.8 Å². The van der Waals surface area contributed by atoms with Crippen LogP contribution in [0.5, 0.6) is 0 Å². The van der Waals surface area contributed by atoms with E-state index in [-0.39, 0.29) is 5.82 Å². The summed E-state index contributed by atoms with van der Waals surface area (Å²) in [5, 5.41) is 9.72. The standard InChI is InChI=1S/C13H13ClFN/c1-8-10(14)6-11(15)9(2)12(8)13(7-16)4-3-5-13/h6H,3-5H2,1-2H3. The van der Waals surface area contributed by atoms with E-state index >= 15 is 0 Å². The molecule has 2 rings (SSSR count). The third-order valence-electron chi connectivity index (χ3n) is 3.62. The lowest BCUT2D eigenvalue weighted by atomic mass is 9.63. The molecule has 0 aliphatic heterocycles. The maximum absolute atomic E-state index is 13.7. The molecule has 16 heavy (non-hydrogen) atoms. The van der Waals surface area contributed by atoms with Crippen molar-refractivity contribution in [3.63, 3.8) is 0 Å². The van der Waals surface area contributed by atoms with Crippen LogP contribution in [-0.4, -0.2) is 0 Å². The first-order valence-electron chi connectivity index (χ1n) is 5.39. The van der Waals surface area contributed by atoms with Gasteiger partial charge in [0.05, 0.1) is 11.5 Å². The minimum absolute atomic E-state index is 0.313. The molecular weight excluding hydrogens is 225 g/mol. The van der Waals surface area contributed by atoms with Crippen molar-refractivity contribution < 1.29 is 4.39 Å². The highest BCUT2D eigenvalue weighted by atomic mass is 35.5. The second-order valence-corrected chi connectivity index (χ2v) is 4.92. The molecule has 1 aromatic carbocycles. The van der Waals surface area contributed by atoms with E-state index in [9.17, 15) is 9.65 Å². The lowest BCUT2D eigenvalue weighted by Gasteiger charge is -2.38. The van der Waals surface area contributed by atoms with Gasteiger partial charge >= 0.3 is 0 Å². The van der Waals surface area contributed by atoms with E-state index in [0.29, 0.717) is 10.6 Å². The molecule has 0 bridgehead atoms. The zero-order valence-electron chi connectivity index (χ0n) is 9.40.